The molecule has 0 aliphatic rings. The Bertz CT molecular complexity index is 636. The third-order valence-electron chi connectivity index (χ3n) is 3.43. The van der Waals surface area contributed by atoms with Crippen molar-refractivity contribution in [3.63, 3.8) is 0 Å². The maximum Gasteiger partial charge on any atom is 0.194 e. The minimum Gasteiger partial charge on any atom is -0.508 e. The van der Waals surface area contributed by atoms with Crippen LogP contribution in [-0.2, 0) is 4.74 Å². The lowest BCUT2D eigenvalue weighted by molar-refractivity contribution is -0.00338. The number of para-hydroxylation sites is 1. The first kappa shape index (κ1) is 16.0. The molecule has 0 aromatic heterocycles. The van der Waals surface area contributed by atoms with Gasteiger partial charge in [-0.3, -0.25) is 4.79 Å². The zero-order valence-corrected chi connectivity index (χ0v) is 12.4. The normalized spacial score (nSPS) is 13.4. The highest BCUT2D eigenvalue weighted by Crippen LogP contribution is 2.29. The number of carbonyl (C=O) groups is 1. The first-order valence-electron chi connectivity index (χ1n) is 6.75. The molecule has 5 nitrogen and oxygen atoms in total. The highest BCUT2D eigenvalue weighted by atomic mass is 16.5. The van der Waals surface area contributed by atoms with E-state index in [0.29, 0.717) is 11.3 Å². The summed E-state index contributed by atoms with van der Waals surface area (Å²) in [6, 6.07) is 12.8. The van der Waals surface area contributed by atoms with Crippen LogP contribution in [0.1, 0.15) is 22.0 Å². The Balaban J connectivity index is 2.26. The summed E-state index contributed by atoms with van der Waals surface area (Å²) >= 11 is 0. The van der Waals surface area contributed by atoms with Gasteiger partial charge in [0, 0.05) is 18.2 Å². The van der Waals surface area contributed by atoms with E-state index in [-0.39, 0.29) is 17.1 Å². The van der Waals surface area contributed by atoms with Crippen LogP contribution >= 0.6 is 0 Å². The van der Waals surface area contributed by atoms with Gasteiger partial charge in [-0.15, -0.1) is 0 Å². The molecule has 2 aromatic rings. The van der Waals surface area contributed by atoms with Crippen LogP contribution in [0.25, 0.3) is 0 Å². The molecule has 2 aromatic carbocycles. The summed E-state index contributed by atoms with van der Waals surface area (Å²) in [5.74, 6) is 0.173. The molecule has 2 N–H and O–H groups in total. The number of methoxy groups -OCH3 is 2. The van der Waals surface area contributed by atoms with Gasteiger partial charge in [0.05, 0.1) is 7.11 Å². The molecular weight excluding hydrogens is 284 g/mol. The predicted molar refractivity (Wildman–Crippen MR) is 81.2 cm³/mol. The van der Waals surface area contributed by atoms with Gasteiger partial charge in [0.15, 0.2) is 11.9 Å². The number of ether oxygens (including phenoxy) is 2. The van der Waals surface area contributed by atoms with Gasteiger partial charge in [-0.1, -0.05) is 18.2 Å². The molecule has 0 amide bonds. The monoisotopic (exact) mass is 302 g/mol. The fraction of sp³-hybridized carbons (Fsp3) is 0.235. The highest BCUT2D eigenvalue weighted by Gasteiger charge is 2.30. The van der Waals surface area contributed by atoms with Gasteiger partial charge in [0.2, 0.25) is 0 Å². The van der Waals surface area contributed by atoms with E-state index >= 15 is 0 Å². The topological polar surface area (TPSA) is 76.0 Å². The molecular formula is C17H18O5. The van der Waals surface area contributed by atoms with Crippen LogP contribution in [-0.4, -0.2) is 36.3 Å². The van der Waals surface area contributed by atoms with Crippen molar-refractivity contribution < 1.29 is 24.5 Å². The number of phenols is 1. The lowest BCUT2D eigenvalue weighted by atomic mass is 9.96. The van der Waals surface area contributed by atoms with E-state index in [1.165, 1.54) is 20.3 Å². The second kappa shape index (κ2) is 7.06. The number of benzene rings is 2. The number of Topliss-reactive ketones (excluding diaryl/α,β-unsaturated/α-hetero) is 1. The largest absolute Gasteiger partial charge is 0.508 e. The number of aliphatic hydroxyl groups is 1. The Morgan fingerprint density at radius 1 is 1.05 bits per heavy atom. The lowest BCUT2D eigenvalue weighted by Gasteiger charge is -2.21. The Morgan fingerprint density at radius 3 is 2.23 bits per heavy atom. The van der Waals surface area contributed by atoms with Gasteiger partial charge >= 0.3 is 0 Å². The summed E-state index contributed by atoms with van der Waals surface area (Å²) in [5.41, 5.74) is 0.637. The number of ketones is 1. The van der Waals surface area contributed by atoms with E-state index in [9.17, 15) is 15.0 Å². The van der Waals surface area contributed by atoms with Crippen LogP contribution in [0.5, 0.6) is 11.5 Å². The number of phenolic OH excluding ortho intramolecular Hbond substituents is 1. The number of hydrogen-bond acceptors (Lipinski definition) is 5. The number of aromatic hydroxyl groups is 1. The third kappa shape index (κ3) is 3.27. The number of aliphatic hydroxyl groups excluding tert-OH is 1. The van der Waals surface area contributed by atoms with Gasteiger partial charge < -0.3 is 19.7 Å². The standard InChI is InChI=1S/C17H18O5/c1-21-12-9-7-11(8-10-12)15(19)17(22-2)16(20)13-5-3-4-6-14(13)18/h3-10,16-18,20H,1-2H3. The van der Waals surface area contributed by atoms with Gasteiger partial charge in [-0.25, -0.2) is 0 Å². The first-order chi connectivity index (χ1) is 10.6. The second-order valence-electron chi connectivity index (χ2n) is 4.75. The van der Waals surface area contributed by atoms with E-state index in [1.54, 1.807) is 42.5 Å². The minimum absolute atomic E-state index is 0.0837. The second-order valence-corrected chi connectivity index (χ2v) is 4.75. The molecule has 0 fully saturated rings. The Kier molecular flexibility index (Phi) is 5.14. The van der Waals surface area contributed by atoms with Crippen molar-refractivity contribution in [3.05, 3.63) is 59.7 Å². The average Bonchev–Trinajstić information content (AvgIpc) is 2.55. The molecule has 0 radical (unpaired) electrons. The predicted octanol–water partition coefficient (Wildman–Crippen LogP) is 2.33. The number of carbonyl (C=O) groups excluding carboxylic acids is 1. The summed E-state index contributed by atoms with van der Waals surface area (Å²) in [4.78, 5) is 12.5. The molecule has 0 aliphatic heterocycles. The molecule has 0 saturated carbocycles. The molecule has 2 atom stereocenters. The van der Waals surface area contributed by atoms with Crippen molar-refractivity contribution in [2.75, 3.05) is 14.2 Å². The number of hydrogen-bond donors (Lipinski definition) is 2. The highest BCUT2D eigenvalue weighted by molar-refractivity contribution is 6.00. The fourth-order valence-electron chi connectivity index (χ4n) is 2.20. The minimum atomic E-state index is -1.26. The van der Waals surface area contributed by atoms with Gasteiger partial charge in [-0.2, -0.15) is 0 Å². The summed E-state index contributed by atoms with van der Waals surface area (Å²) in [6.45, 7) is 0. The first-order valence-corrected chi connectivity index (χ1v) is 6.75. The third-order valence-corrected chi connectivity index (χ3v) is 3.43. The summed E-state index contributed by atoms with van der Waals surface area (Å²) in [5, 5.41) is 20.2. The van der Waals surface area contributed by atoms with E-state index in [0.717, 1.165) is 0 Å². The van der Waals surface area contributed by atoms with Crippen molar-refractivity contribution in [3.8, 4) is 11.5 Å². The molecule has 116 valence electrons. The van der Waals surface area contributed by atoms with E-state index in [4.69, 9.17) is 9.47 Å². The lowest BCUT2D eigenvalue weighted by Crippen LogP contribution is -2.30. The van der Waals surface area contributed by atoms with Crippen molar-refractivity contribution >= 4 is 5.78 Å². The summed E-state index contributed by atoms with van der Waals surface area (Å²) in [7, 11) is 2.88. The zero-order chi connectivity index (χ0) is 16.1. The average molecular weight is 302 g/mol. The van der Waals surface area contributed by atoms with Crippen molar-refractivity contribution in [1.29, 1.82) is 0 Å². The van der Waals surface area contributed by atoms with Crippen LogP contribution in [0.2, 0.25) is 0 Å². The van der Waals surface area contributed by atoms with Crippen LogP contribution in [0.15, 0.2) is 48.5 Å². The molecule has 0 heterocycles. The van der Waals surface area contributed by atoms with Crippen molar-refractivity contribution in [1.82, 2.24) is 0 Å². The SMILES string of the molecule is COc1ccc(C(=O)C(OC)C(O)c2ccccc2O)cc1. The van der Waals surface area contributed by atoms with Crippen LogP contribution < -0.4 is 4.74 Å². The van der Waals surface area contributed by atoms with Gasteiger partial charge in [-0.05, 0) is 30.3 Å². The smallest absolute Gasteiger partial charge is 0.194 e. The van der Waals surface area contributed by atoms with Crippen molar-refractivity contribution in [2.24, 2.45) is 0 Å². The number of rotatable bonds is 6. The molecule has 0 saturated heterocycles. The molecule has 0 bridgehead atoms. The zero-order valence-electron chi connectivity index (χ0n) is 12.4. The maximum atomic E-state index is 12.5. The van der Waals surface area contributed by atoms with E-state index in [1.807, 2.05) is 0 Å². The molecule has 2 unspecified atom stereocenters. The molecule has 0 aliphatic carbocycles. The summed E-state index contributed by atoms with van der Waals surface area (Å²) in [6.07, 6.45) is -2.37. The summed E-state index contributed by atoms with van der Waals surface area (Å²) < 4.78 is 10.2. The molecule has 0 spiro atoms. The molecule has 22 heavy (non-hydrogen) atoms. The Labute approximate surface area is 128 Å². The quantitative estimate of drug-likeness (QED) is 0.801. The van der Waals surface area contributed by atoms with E-state index in [2.05, 4.69) is 0 Å². The van der Waals surface area contributed by atoms with Crippen LogP contribution in [0, 0.1) is 0 Å². The Hall–Kier alpha value is -2.37. The van der Waals surface area contributed by atoms with Gasteiger partial charge in [0.25, 0.3) is 0 Å². The molecule has 2 rings (SSSR count). The van der Waals surface area contributed by atoms with Gasteiger partial charge in [0.1, 0.15) is 17.6 Å². The fourth-order valence-corrected chi connectivity index (χ4v) is 2.20. The van der Waals surface area contributed by atoms with Crippen LogP contribution in [0.3, 0.4) is 0 Å². The Morgan fingerprint density at radius 2 is 1.68 bits per heavy atom. The van der Waals surface area contributed by atoms with Crippen molar-refractivity contribution in [2.45, 2.75) is 12.2 Å². The molecule has 5 heteroatoms. The van der Waals surface area contributed by atoms with Crippen LogP contribution in [0.4, 0.5) is 0 Å². The maximum absolute atomic E-state index is 12.5. The van der Waals surface area contributed by atoms with E-state index < -0.39 is 12.2 Å².